The molecule has 2 aliphatic rings. The van der Waals surface area contributed by atoms with Gasteiger partial charge in [0.05, 0.1) is 29.3 Å². The number of anilines is 1. The SMILES string of the molecule is Cc1cc(F)c(C(=O)Nc2cccc(-c3nnc4n3C(CF)CC4)n2)cc1-n1cnc(C2CC2)c1. The molecule has 4 aromatic rings. The zero-order chi connectivity index (χ0) is 24.1. The monoisotopic (exact) mass is 475 g/mol. The minimum atomic E-state index is -0.622. The first-order chi connectivity index (χ1) is 17.0. The van der Waals surface area contributed by atoms with Crippen molar-refractivity contribution in [1.82, 2.24) is 29.3 Å². The molecule has 178 valence electrons. The minimum absolute atomic E-state index is 0.0969. The number of nitrogens with zero attached hydrogens (tertiary/aromatic N) is 6. The number of benzene rings is 1. The van der Waals surface area contributed by atoms with Crippen molar-refractivity contribution in [1.29, 1.82) is 0 Å². The molecule has 1 aliphatic heterocycles. The van der Waals surface area contributed by atoms with E-state index >= 15 is 0 Å². The summed E-state index contributed by atoms with van der Waals surface area (Å²) in [7, 11) is 0. The number of hydrogen-bond donors (Lipinski definition) is 1. The van der Waals surface area contributed by atoms with Crippen molar-refractivity contribution in [2.45, 2.75) is 44.6 Å². The Morgan fingerprint density at radius 2 is 2.06 bits per heavy atom. The van der Waals surface area contributed by atoms with E-state index in [2.05, 4.69) is 25.5 Å². The van der Waals surface area contributed by atoms with Crippen molar-refractivity contribution in [3.05, 3.63) is 71.3 Å². The molecular weight excluding hydrogens is 452 g/mol. The number of amides is 1. The molecule has 10 heteroatoms. The Bertz CT molecular complexity index is 1440. The van der Waals surface area contributed by atoms with Gasteiger partial charge in [0.25, 0.3) is 5.91 Å². The van der Waals surface area contributed by atoms with Gasteiger partial charge in [0.15, 0.2) is 5.82 Å². The fourth-order valence-corrected chi connectivity index (χ4v) is 4.61. The molecule has 35 heavy (non-hydrogen) atoms. The predicted molar refractivity (Wildman–Crippen MR) is 125 cm³/mol. The molecule has 1 saturated carbocycles. The van der Waals surface area contributed by atoms with Crippen LogP contribution in [0.3, 0.4) is 0 Å². The van der Waals surface area contributed by atoms with E-state index in [4.69, 9.17) is 0 Å². The molecule has 0 bridgehead atoms. The predicted octanol–water partition coefficient (Wildman–Crippen LogP) is 4.56. The average Bonchev–Trinajstić information content (AvgIpc) is 3.25. The van der Waals surface area contributed by atoms with Crippen molar-refractivity contribution in [2.75, 3.05) is 12.0 Å². The van der Waals surface area contributed by atoms with Gasteiger partial charge < -0.3 is 14.5 Å². The van der Waals surface area contributed by atoms with E-state index in [0.29, 0.717) is 41.5 Å². The number of rotatable bonds is 6. The van der Waals surface area contributed by atoms with E-state index in [9.17, 15) is 13.6 Å². The van der Waals surface area contributed by atoms with Crippen molar-refractivity contribution in [3.63, 3.8) is 0 Å². The van der Waals surface area contributed by atoms with Crippen molar-refractivity contribution in [2.24, 2.45) is 0 Å². The number of carbonyl (C=O) groups is 1. The third-order valence-electron chi connectivity index (χ3n) is 6.64. The van der Waals surface area contributed by atoms with E-state index in [1.807, 2.05) is 10.8 Å². The van der Waals surface area contributed by atoms with E-state index in [0.717, 1.165) is 24.4 Å². The van der Waals surface area contributed by atoms with Crippen LogP contribution in [-0.2, 0) is 6.42 Å². The molecule has 0 spiro atoms. The van der Waals surface area contributed by atoms with Crippen LogP contribution >= 0.6 is 0 Å². The molecule has 3 aromatic heterocycles. The molecule has 1 unspecified atom stereocenters. The number of imidazole rings is 1. The Kier molecular flexibility index (Phi) is 5.16. The highest BCUT2D eigenvalue weighted by molar-refractivity contribution is 6.04. The third kappa shape index (κ3) is 3.88. The third-order valence-corrected chi connectivity index (χ3v) is 6.64. The molecule has 4 heterocycles. The average molecular weight is 476 g/mol. The highest BCUT2D eigenvalue weighted by Gasteiger charge is 2.28. The Labute approximate surface area is 200 Å². The van der Waals surface area contributed by atoms with Crippen LogP contribution in [0, 0.1) is 12.7 Å². The fourth-order valence-electron chi connectivity index (χ4n) is 4.61. The quantitative estimate of drug-likeness (QED) is 0.442. The number of aromatic nitrogens is 6. The number of pyridine rings is 1. The van der Waals surface area contributed by atoms with Gasteiger partial charge in [-0.1, -0.05) is 6.07 Å². The summed E-state index contributed by atoms with van der Waals surface area (Å²) in [6.07, 6.45) is 7.22. The first-order valence-electron chi connectivity index (χ1n) is 11.6. The Hall–Kier alpha value is -3.95. The van der Waals surface area contributed by atoms with Crippen LogP contribution in [-0.4, -0.2) is 41.9 Å². The normalized spacial score (nSPS) is 16.9. The zero-order valence-electron chi connectivity index (χ0n) is 19.1. The molecule has 8 nitrogen and oxygen atoms in total. The molecule has 1 atom stereocenters. The fraction of sp³-hybridized carbons (Fsp3) is 0.320. The molecule has 1 N–H and O–H groups in total. The van der Waals surface area contributed by atoms with Gasteiger partial charge in [-0.05, 0) is 56.0 Å². The summed E-state index contributed by atoms with van der Waals surface area (Å²) in [5.41, 5.74) is 2.75. The second kappa shape index (κ2) is 8.37. The highest BCUT2D eigenvalue weighted by atomic mass is 19.1. The number of hydrogen-bond acceptors (Lipinski definition) is 5. The highest BCUT2D eigenvalue weighted by Crippen LogP contribution is 2.39. The summed E-state index contributed by atoms with van der Waals surface area (Å²) < 4.78 is 31.9. The smallest absolute Gasteiger partial charge is 0.259 e. The summed E-state index contributed by atoms with van der Waals surface area (Å²) in [5.74, 6) is 0.654. The van der Waals surface area contributed by atoms with Gasteiger partial charge in [0.2, 0.25) is 0 Å². The van der Waals surface area contributed by atoms with Gasteiger partial charge in [-0.3, -0.25) is 4.79 Å². The van der Waals surface area contributed by atoms with Crippen LogP contribution in [0.4, 0.5) is 14.6 Å². The van der Waals surface area contributed by atoms with E-state index in [-0.39, 0.29) is 17.4 Å². The standard InChI is InChI=1S/C25H23F2N7O/c1-14-9-18(27)17(10-21(14)33-12-20(28-13-33)15-5-6-15)25(35)30-22-4-2-3-19(29-22)24-32-31-23-8-7-16(11-26)34(23)24/h2-4,9-10,12-13,15-16H,5-8,11H2,1H3,(H,29,30,35). The van der Waals surface area contributed by atoms with E-state index in [1.54, 1.807) is 36.0 Å². The second-order valence-electron chi connectivity index (χ2n) is 9.12. The Morgan fingerprint density at radius 3 is 2.86 bits per heavy atom. The van der Waals surface area contributed by atoms with Gasteiger partial charge in [-0.25, -0.2) is 18.7 Å². The van der Waals surface area contributed by atoms with Crippen LogP contribution in [0.25, 0.3) is 17.2 Å². The Morgan fingerprint density at radius 1 is 1.20 bits per heavy atom. The molecular formula is C25H23F2N7O. The van der Waals surface area contributed by atoms with Gasteiger partial charge in [-0.2, -0.15) is 0 Å². The molecule has 1 aromatic carbocycles. The van der Waals surface area contributed by atoms with Crippen molar-refractivity contribution >= 4 is 11.7 Å². The lowest BCUT2D eigenvalue weighted by Gasteiger charge is -2.13. The number of halogens is 2. The summed E-state index contributed by atoms with van der Waals surface area (Å²) in [5, 5.41) is 11.0. The summed E-state index contributed by atoms with van der Waals surface area (Å²) in [4.78, 5) is 22.0. The molecule has 1 aliphatic carbocycles. The molecule has 1 amide bonds. The van der Waals surface area contributed by atoms with Crippen LogP contribution in [0.1, 0.15) is 58.7 Å². The molecule has 0 saturated heterocycles. The van der Waals surface area contributed by atoms with Crippen LogP contribution in [0.15, 0.2) is 42.9 Å². The lowest BCUT2D eigenvalue weighted by Crippen LogP contribution is -2.16. The maximum Gasteiger partial charge on any atom is 0.259 e. The topological polar surface area (TPSA) is 90.5 Å². The van der Waals surface area contributed by atoms with Crippen LogP contribution < -0.4 is 5.32 Å². The zero-order valence-corrected chi connectivity index (χ0v) is 19.1. The van der Waals surface area contributed by atoms with Crippen LogP contribution in [0.2, 0.25) is 0 Å². The first-order valence-corrected chi connectivity index (χ1v) is 11.6. The maximum atomic E-state index is 14.8. The summed E-state index contributed by atoms with van der Waals surface area (Å²) in [6.45, 7) is 1.28. The second-order valence-corrected chi connectivity index (χ2v) is 9.12. The number of fused-ring (bicyclic) bond motifs is 1. The van der Waals surface area contributed by atoms with Gasteiger partial charge >= 0.3 is 0 Å². The molecule has 0 radical (unpaired) electrons. The Balaban J connectivity index is 1.28. The van der Waals surface area contributed by atoms with Gasteiger partial charge in [0, 0.05) is 18.5 Å². The van der Waals surface area contributed by atoms with Crippen molar-refractivity contribution < 1.29 is 13.6 Å². The van der Waals surface area contributed by atoms with E-state index in [1.165, 1.54) is 12.1 Å². The lowest BCUT2D eigenvalue weighted by molar-refractivity contribution is 0.102. The first kappa shape index (κ1) is 21.6. The molecule has 6 rings (SSSR count). The van der Waals surface area contributed by atoms with Crippen molar-refractivity contribution in [3.8, 4) is 17.2 Å². The minimum Gasteiger partial charge on any atom is -0.306 e. The largest absolute Gasteiger partial charge is 0.306 e. The number of aryl methyl sites for hydroxylation is 2. The van der Waals surface area contributed by atoms with Gasteiger partial charge in [-0.15, -0.1) is 10.2 Å². The number of nitrogens with one attached hydrogen (secondary N) is 1. The van der Waals surface area contributed by atoms with E-state index < -0.39 is 18.4 Å². The number of carbonyl (C=O) groups excluding carboxylic acids is 1. The van der Waals surface area contributed by atoms with Crippen LogP contribution in [0.5, 0.6) is 0 Å². The maximum absolute atomic E-state index is 14.8. The number of alkyl halides is 1. The summed E-state index contributed by atoms with van der Waals surface area (Å²) in [6, 6.07) is 7.60. The summed E-state index contributed by atoms with van der Waals surface area (Å²) >= 11 is 0. The lowest BCUT2D eigenvalue weighted by atomic mass is 10.1. The molecule has 1 fully saturated rings. The van der Waals surface area contributed by atoms with Gasteiger partial charge in [0.1, 0.15) is 29.8 Å².